The van der Waals surface area contributed by atoms with E-state index in [0.29, 0.717) is 6.42 Å². The van der Waals surface area contributed by atoms with Gasteiger partial charge >= 0.3 is 5.97 Å². The second-order valence-corrected chi connectivity index (χ2v) is 6.75. The number of aliphatic hydroxyl groups excluding tert-OH is 1. The molecule has 0 spiro atoms. The highest BCUT2D eigenvalue weighted by Gasteiger charge is 2.38. The van der Waals surface area contributed by atoms with Gasteiger partial charge in [0.1, 0.15) is 18.8 Å². The van der Waals surface area contributed by atoms with Crippen LogP contribution in [-0.2, 0) is 19.6 Å². The van der Waals surface area contributed by atoms with Crippen molar-refractivity contribution in [2.24, 2.45) is 0 Å². The zero-order valence-electron chi connectivity index (χ0n) is 11.3. The van der Waals surface area contributed by atoms with Crippen LogP contribution in [0.4, 0.5) is 0 Å². The van der Waals surface area contributed by atoms with Gasteiger partial charge in [-0.15, -0.1) is 0 Å². The number of hydrogen-bond acceptors (Lipinski definition) is 5. The first kappa shape index (κ1) is 16.4. The SMILES string of the molecule is CCCCCCCCS(=O)(=O)N[C@@H]1C(=O)OC[C@@H]1O. The first-order chi connectivity index (χ1) is 8.96. The Morgan fingerprint density at radius 3 is 2.47 bits per heavy atom. The molecule has 1 rings (SSSR count). The second-order valence-electron chi connectivity index (χ2n) is 4.88. The van der Waals surface area contributed by atoms with Crippen LogP contribution in [0.25, 0.3) is 0 Å². The van der Waals surface area contributed by atoms with Crippen LogP contribution in [0.15, 0.2) is 0 Å². The molecule has 0 aromatic carbocycles. The molecule has 1 saturated heterocycles. The Morgan fingerprint density at radius 1 is 1.26 bits per heavy atom. The summed E-state index contributed by atoms with van der Waals surface area (Å²) in [5.74, 6) is -0.727. The third-order valence-electron chi connectivity index (χ3n) is 3.11. The fourth-order valence-corrected chi connectivity index (χ4v) is 3.30. The molecular weight excluding hydrogens is 270 g/mol. The average Bonchev–Trinajstić information content (AvgIpc) is 2.65. The highest BCUT2D eigenvalue weighted by molar-refractivity contribution is 7.89. The first-order valence-corrected chi connectivity index (χ1v) is 8.46. The van der Waals surface area contributed by atoms with E-state index in [1.165, 1.54) is 6.42 Å². The molecule has 112 valence electrons. The summed E-state index contributed by atoms with van der Waals surface area (Å²) in [6, 6.07) is -1.15. The minimum absolute atomic E-state index is 0.0182. The van der Waals surface area contributed by atoms with Gasteiger partial charge in [-0.1, -0.05) is 39.0 Å². The molecule has 19 heavy (non-hydrogen) atoms. The van der Waals surface area contributed by atoms with E-state index in [1.54, 1.807) is 0 Å². The monoisotopic (exact) mass is 293 g/mol. The zero-order chi connectivity index (χ0) is 14.3. The van der Waals surface area contributed by atoms with E-state index < -0.39 is 28.1 Å². The van der Waals surface area contributed by atoms with Crippen molar-refractivity contribution in [1.29, 1.82) is 0 Å². The number of carbonyl (C=O) groups excluding carboxylic acids is 1. The molecule has 0 aliphatic carbocycles. The summed E-state index contributed by atoms with van der Waals surface area (Å²) < 4.78 is 30.3. The molecule has 6 nitrogen and oxygen atoms in total. The Kier molecular flexibility index (Phi) is 6.74. The molecule has 0 amide bonds. The van der Waals surface area contributed by atoms with Gasteiger partial charge in [0.15, 0.2) is 0 Å². The maximum absolute atomic E-state index is 11.7. The van der Waals surface area contributed by atoms with Crippen molar-refractivity contribution in [2.45, 2.75) is 57.6 Å². The van der Waals surface area contributed by atoms with Crippen LogP contribution >= 0.6 is 0 Å². The molecule has 0 aromatic rings. The minimum atomic E-state index is -3.53. The van der Waals surface area contributed by atoms with E-state index in [9.17, 15) is 18.3 Å². The van der Waals surface area contributed by atoms with E-state index >= 15 is 0 Å². The van der Waals surface area contributed by atoms with Gasteiger partial charge in [-0.2, -0.15) is 4.72 Å². The number of hydrogen-bond donors (Lipinski definition) is 2. The Morgan fingerprint density at radius 2 is 1.89 bits per heavy atom. The highest BCUT2D eigenvalue weighted by Crippen LogP contribution is 2.10. The van der Waals surface area contributed by atoms with Crippen LogP contribution in [0.3, 0.4) is 0 Å². The molecule has 1 aliphatic rings. The Hall–Kier alpha value is -0.660. The second kappa shape index (κ2) is 7.81. The number of sulfonamides is 1. The fraction of sp³-hybridized carbons (Fsp3) is 0.917. The van der Waals surface area contributed by atoms with Gasteiger partial charge < -0.3 is 9.84 Å². The van der Waals surface area contributed by atoms with Crippen LogP contribution in [0.2, 0.25) is 0 Å². The van der Waals surface area contributed by atoms with E-state index in [2.05, 4.69) is 16.4 Å². The number of nitrogens with one attached hydrogen (secondary N) is 1. The van der Waals surface area contributed by atoms with Crippen LogP contribution in [-0.4, -0.2) is 44.0 Å². The van der Waals surface area contributed by atoms with Gasteiger partial charge in [-0.25, -0.2) is 8.42 Å². The van der Waals surface area contributed by atoms with Crippen LogP contribution in [0.1, 0.15) is 45.4 Å². The quantitative estimate of drug-likeness (QED) is 0.478. The van der Waals surface area contributed by atoms with Crippen LogP contribution in [0, 0.1) is 0 Å². The third kappa shape index (κ3) is 5.88. The number of esters is 1. The minimum Gasteiger partial charge on any atom is -0.462 e. The molecule has 1 aliphatic heterocycles. The van der Waals surface area contributed by atoms with E-state index in [-0.39, 0.29) is 12.4 Å². The summed E-state index contributed by atoms with van der Waals surface area (Å²) in [7, 11) is -3.53. The zero-order valence-corrected chi connectivity index (χ0v) is 12.1. The topological polar surface area (TPSA) is 92.7 Å². The summed E-state index contributed by atoms with van der Waals surface area (Å²) >= 11 is 0. The molecule has 7 heteroatoms. The van der Waals surface area contributed by atoms with Gasteiger partial charge in [-0.3, -0.25) is 4.79 Å². The fourth-order valence-electron chi connectivity index (χ4n) is 1.96. The van der Waals surface area contributed by atoms with Crippen LogP contribution < -0.4 is 4.72 Å². The van der Waals surface area contributed by atoms with Gasteiger partial charge in [0.05, 0.1) is 5.75 Å². The number of carbonyl (C=O) groups is 1. The summed E-state index contributed by atoms with van der Waals surface area (Å²) in [6.45, 7) is 1.98. The summed E-state index contributed by atoms with van der Waals surface area (Å²) in [6.07, 6.45) is 4.81. The van der Waals surface area contributed by atoms with Crippen molar-refractivity contribution in [1.82, 2.24) is 4.72 Å². The molecule has 0 radical (unpaired) electrons. The smallest absolute Gasteiger partial charge is 0.327 e. The lowest BCUT2D eigenvalue weighted by Gasteiger charge is -2.12. The van der Waals surface area contributed by atoms with Crippen molar-refractivity contribution < 1.29 is 23.1 Å². The Labute approximate surface area is 114 Å². The first-order valence-electron chi connectivity index (χ1n) is 6.81. The molecule has 2 atom stereocenters. The van der Waals surface area contributed by atoms with E-state index in [0.717, 1.165) is 25.7 Å². The maximum Gasteiger partial charge on any atom is 0.327 e. The van der Waals surface area contributed by atoms with E-state index in [4.69, 9.17) is 0 Å². The number of aliphatic hydroxyl groups is 1. The van der Waals surface area contributed by atoms with Crippen molar-refractivity contribution in [3.05, 3.63) is 0 Å². The molecule has 0 saturated carbocycles. The standard InChI is InChI=1S/C12H23NO5S/c1-2-3-4-5-6-7-8-19(16,17)13-11-10(14)9-18-12(11)15/h10-11,13-14H,2-9H2,1H3/t10-,11-/m0/s1. The highest BCUT2D eigenvalue weighted by atomic mass is 32.2. The molecule has 0 aromatic heterocycles. The molecule has 0 bridgehead atoms. The van der Waals surface area contributed by atoms with Crippen molar-refractivity contribution in [3.8, 4) is 0 Å². The normalized spacial score (nSPS) is 23.6. The lowest BCUT2D eigenvalue weighted by molar-refractivity contribution is -0.139. The molecule has 0 unspecified atom stereocenters. The Balaban J connectivity index is 2.26. The van der Waals surface area contributed by atoms with Gasteiger partial charge in [0.2, 0.25) is 10.0 Å². The predicted molar refractivity (Wildman–Crippen MR) is 71.1 cm³/mol. The largest absolute Gasteiger partial charge is 0.462 e. The Bertz CT molecular complexity index is 382. The van der Waals surface area contributed by atoms with Crippen LogP contribution in [0.5, 0.6) is 0 Å². The summed E-state index contributed by atoms with van der Waals surface area (Å²) in [4.78, 5) is 11.2. The molecular formula is C12H23NO5S. The predicted octanol–water partition coefficient (Wildman–Crippen LogP) is 0.553. The van der Waals surface area contributed by atoms with Gasteiger partial charge in [0, 0.05) is 0 Å². The third-order valence-corrected chi connectivity index (χ3v) is 4.55. The molecule has 1 fully saturated rings. The van der Waals surface area contributed by atoms with Crippen molar-refractivity contribution >= 4 is 16.0 Å². The van der Waals surface area contributed by atoms with E-state index in [1.807, 2.05) is 0 Å². The molecule has 2 N–H and O–H groups in total. The average molecular weight is 293 g/mol. The summed E-state index contributed by atoms with van der Waals surface area (Å²) in [5.41, 5.74) is 0. The van der Waals surface area contributed by atoms with Crippen molar-refractivity contribution in [2.75, 3.05) is 12.4 Å². The lowest BCUT2D eigenvalue weighted by Crippen LogP contribution is -2.45. The number of cyclic esters (lactones) is 1. The van der Waals surface area contributed by atoms with Gasteiger partial charge in [0.25, 0.3) is 0 Å². The number of ether oxygens (including phenoxy) is 1. The van der Waals surface area contributed by atoms with Gasteiger partial charge in [-0.05, 0) is 6.42 Å². The lowest BCUT2D eigenvalue weighted by atomic mass is 10.1. The molecule has 1 heterocycles. The number of unbranched alkanes of at least 4 members (excludes halogenated alkanes) is 5. The summed E-state index contributed by atoms with van der Waals surface area (Å²) in [5, 5.41) is 9.42. The van der Waals surface area contributed by atoms with Crippen molar-refractivity contribution in [3.63, 3.8) is 0 Å². The number of rotatable bonds is 9. The maximum atomic E-state index is 11.7.